The Morgan fingerprint density at radius 2 is 1.76 bits per heavy atom. The summed E-state index contributed by atoms with van der Waals surface area (Å²) in [5.41, 5.74) is 1.84. The predicted molar refractivity (Wildman–Crippen MR) is 123 cm³/mol. The van der Waals surface area contributed by atoms with Crippen LogP contribution < -0.4 is 9.47 Å². The molecule has 8 nitrogen and oxygen atoms in total. The molecule has 1 aromatic heterocycles. The summed E-state index contributed by atoms with van der Waals surface area (Å²) in [7, 11) is 0. The van der Waals surface area contributed by atoms with Gasteiger partial charge in [-0.05, 0) is 47.0 Å². The summed E-state index contributed by atoms with van der Waals surface area (Å²) in [5, 5.41) is 12.8. The van der Waals surface area contributed by atoms with E-state index in [1.807, 2.05) is 22.9 Å². The molecule has 1 aliphatic carbocycles. The third kappa shape index (κ3) is 4.14. The van der Waals surface area contributed by atoms with E-state index in [-0.39, 0.29) is 18.7 Å². The third-order valence-corrected chi connectivity index (χ3v) is 7.25. The van der Waals surface area contributed by atoms with Gasteiger partial charge in [-0.15, -0.1) is 5.10 Å². The first-order valence-electron chi connectivity index (χ1n) is 12.1. The highest BCUT2D eigenvalue weighted by Crippen LogP contribution is 2.36. The summed E-state index contributed by atoms with van der Waals surface area (Å²) in [6.07, 6.45) is 4.52. The second-order valence-electron chi connectivity index (χ2n) is 9.34. The Kier molecular flexibility index (Phi) is 5.88. The molecule has 0 radical (unpaired) electrons. The van der Waals surface area contributed by atoms with E-state index in [9.17, 15) is 0 Å². The molecule has 3 aliphatic rings. The van der Waals surface area contributed by atoms with Crippen molar-refractivity contribution in [2.45, 2.75) is 44.3 Å². The Labute approximate surface area is 198 Å². The van der Waals surface area contributed by atoms with Crippen molar-refractivity contribution in [3.8, 4) is 11.5 Å². The predicted octanol–water partition coefficient (Wildman–Crippen LogP) is 3.56. The molecule has 0 amide bonds. The van der Waals surface area contributed by atoms with Crippen LogP contribution in [0.1, 0.15) is 54.7 Å². The van der Waals surface area contributed by atoms with Crippen molar-refractivity contribution in [3.05, 3.63) is 65.2 Å². The molecule has 2 fully saturated rings. The number of aromatic nitrogens is 4. The molecule has 3 heterocycles. The quantitative estimate of drug-likeness (QED) is 0.553. The Morgan fingerprint density at radius 1 is 0.971 bits per heavy atom. The molecule has 178 valence electrons. The first-order chi connectivity index (χ1) is 16.8. The fourth-order valence-corrected chi connectivity index (χ4v) is 5.46. The van der Waals surface area contributed by atoms with E-state index in [1.165, 1.54) is 24.5 Å². The van der Waals surface area contributed by atoms with E-state index in [1.54, 1.807) is 6.07 Å². The van der Waals surface area contributed by atoms with Crippen LogP contribution >= 0.6 is 0 Å². The minimum absolute atomic E-state index is 0.212. The minimum atomic E-state index is -0.301. The lowest BCUT2D eigenvalue weighted by molar-refractivity contribution is 0.0980. The molecule has 34 heavy (non-hydrogen) atoms. The molecule has 6 rings (SSSR count). The van der Waals surface area contributed by atoms with Crippen molar-refractivity contribution in [2.24, 2.45) is 0 Å². The van der Waals surface area contributed by atoms with Crippen LogP contribution in [0.4, 0.5) is 4.39 Å². The van der Waals surface area contributed by atoms with Crippen molar-refractivity contribution < 1.29 is 13.9 Å². The molecule has 1 saturated carbocycles. The van der Waals surface area contributed by atoms with Crippen molar-refractivity contribution in [1.29, 1.82) is 0 Å². The lowest BCUT2D eigenvalue weighted by Gasteiger charge is -2.39. The second kappa shape index (κ2) is 9.31. The van der Waals surface area contributed by atoms with Crippen molar-refractivity contribution in [1.82, 2.24) is 30.0 Å². The summed E-state index contributed by atoms with van der Waals surface area (Å²) in [6.45, 7) is 4.50. The molecule has 2 aliphatic heterocycles. The zero-order valence-electron chi connectivity index (χ0n) is 19.1. The van der Waals surface area contributed by atoms with Gasteiger partial charge in [-0.3, -0.25) is 9.80 Å². The minimum Gasteiger partial charge on any atom is -0.454 e. The van der Waals surface area contributed by atoms with Gasteiger partial charge in [0.05, 0.1) is 6.04 Å². The highest BCUT2D eigenvalue weighted by molar-refractivity contribution is 5.44. The first kappa shape index (κ1) is 21.5. The highest BCUT2D eigenvalue weighted by atomic mass is 19.1. The van der Waals surface area contributed by atoms with Crippen LogP contribution in [0.25, 0.3) is 0 Å². The number of hydrogen-bond donors (Lipinski definition) is 0. The van der Waals surface area contributed by atoms with Crippen LogP contribution in [0.5, 0.6) is 11.5 Å². The van der Waals surface area contributed by atoms with Gasteiger partial charge < -0.3 is 9.47 Å². The number of piperazine rings is 1. The molecular formula is C25H29FN6O2. The maximum atomic E-state index is 15.0. The highest BCUT2D eigenvalue weighted by Gasteiger charge is 2.34. The summed E-state index contributed by atoms with van der Waals surface area (Å²) >= 11 is 0. The van der Waals surface area contributed by atoms with E-state index in [4.69, 9.17) is 9.47 Å². The maximum absolute atomic E-state index is 15.0. The van der Waals surface area contributed by atoms with E-state index in [0.717, 1.165) is 62.9 Å². The summed E-state index contributed by atoms with van der Waals surface area (Å²) < 4.78 is 27.9. The number of tetrazole rings is 1. The summed E-state index contributed by atoms with van der Waals surface area (Å²) in [4.78, 5) is 4.75. The molecule has 0 spiro atoms. The summed E-state index contributed by atoms with van der Waals surface area (Å²) in [6, 6.07) is 13.2. The molecule has 0 N–H and O–H groups in total. The van der Waals surface area contributed by atoms with E-state index in [0.29, 0.717) is 11.6 Å². The lowest BCUT2D eigenvalue weighted by atomic mass is 10.0. The molecule has 3 aromatic rings. The maximum Gasteiger partial charge on any atom is 0.231 e. The van der Waals surface area contributed by atoms with Crippen LogP contribution in [0.15, 0.2) is 42.5 Å². The van der Waals surface area contributed by atoms with Gasteiger partial charge >= 0.3 is 0 Å². The molecule has 1 atom stereocenters. The van der Waals surface area contributed by atoms with Gasteiger partial charge in [0.1, 0.15) is 11.9 Å². The van der Waals surface area contributed by atoms with Crippen LogP contribution in [-0.2, 0) is 6.54 Å². The van der Waals surface area contributed by atoms with E-state index >= 15 is 4.39 Å². The van der Waals surface area contributed by atoms with E-state index < -0.39 is 0 Å². The SMILES string of the molecule is Fc1ccccc1[C@H](c1nnnn1C1CCCC1)N1CCN(Cc2ccc3c(c2)OCO3)CC1. The number of ether oxygens (including phenoxy) is 2. The summed E-state index contributed by atoms with van der Waals surface area (Å²) in [5.74, 6) is 2.16. The monoisotopic (exact) mass is 464 g/mol. The fourth-order valence-electron chi connectivity index (χ4n) is 5.46. The molecule has 1 saturated heterocycles. The van der Waals surface area contributed by atoms with Gasteiger partial charge in [-0.1, -0.05) is 37.1 Å². The van der Waals surface area contributed by atoms with Gasteiger partial charge in [0.15, 0.2) is 17.3 Å². The van der Waals surface area contributed by atoms with Crippen LogP contribution in [-0.4, -0.2) is 63.0 Å². The molecule has 2 aromatic carbocycles. The molecular weight excluding hydrogens is 435 g/mol. The topological polar surface area (TPSA) is 68.5 Å². The second-order valence-corrected chi connectivity index (χ2v) is 9.34. The third-order valence-electron chi connectivity index (χ3n) is 7.25. The normalized spacial score (nSPS) is 20.1. The smallest absolute Gasteiger partial charge is 0.231 e. The first-order valence-corrected chi connectivity index (χ1v) is 12.1. The van der Waals surface area contributed by atoms with Crippen LogP contribution in [0.2, 0.25) is 0 Å². The molecule has 0 unspecified atom stereocenters. The largest absolute Gasteiger partial charge is 0.454 e. The Morgan fingerprint density at radius 3 is 2.59 bits per heavy atom. The Hall–Kier alpha value is -3.04. The van der Waals surface area contributed by atoms with Crippen molar-refractivity contribution >= 4 is 0 Å². The zero-order chi connectivity index (χ0) is 22.9. The number of rotatable bonds is 6. The van der Waals surface area contributed by atoms with Gasteiger partial charge in [0, 0.05) is 38.3 Å². The van der Waals surface area contributed by atoms with Crippen molar-refractivity contribution in [2.75, 3.05) is 33.0 Å². The Balaban J connectivity index is 1.21. The van der Waals surface area contributed by atoms with Crippen molar-refractivity contribution in [3.63, 3.8) is 0 Å². The van der Waals surface area contributed by atoms with Gasteiger partial charge in [-0.25, -0.2) is 9.07 Å². The average Bonchev–Trinajstić information content (AvgIpc) is 3.63. The van der Waals surface area contributed by atoms with E-state index in [2.05, 4.69) is 37.5 Å². The average molecular weight is 465 g/mol. The molecule has 0 bridgehead atoms. The Bertz CT molecular complexity index is 1140. The number of hydrogen-bond acceptors (Lipinski definition) is 7. The fraction of sp³-hybridized carbons (Fsp3) is 0.480. The standard InChI is InChI=1S/C25H29FN6O2/c26-21-8-4-3-7-20(21)24(25-27-28-29-32(25)19-5-1-2-6-19)31-13-11-30(12-14-31)16-18-9-10-22-23(15-18)34-17-33-22/h3-4,7-10,15,19,24H,1-2,5-6,11-14,16-17H2/t24-/m1/s1. The number of benzene rings is 2. The van der Waals surface area contributed by atoms with Crippen LogP contribution in [0, 0.1) is 5.82 Å². The van der Waals surface area contributed by atoms with Gasteiger partial charge in [0.25, 0.3) is 0 Å². The number of fused-ring (bicyclic) bond motifs is 1. The number of halogens is 1. The van der Waals surface area contributed by atoms with Crippen LogP contribution in [0.3, 0.4) is 0 Å². The van der Waals surface area contributed by atoms with Gasteiger partial charge in [0.2, 0.25) is 6.79 Å². The van der Waals surface area contributed by atoms with Gasteiger partial charge in [-0.2, -0.15) is 0 Å². The number of nitrogens with zero attached hydrogens (tertiary/aromatic N) is 6. The zero-order valence-corrected chi connectivity index (χ0v) is 19.1. The lowest BCUT2D eigenvalue weighted by Crippen LogP contribution is -2.48. The molecule has 9 heteroatoms.